The van der Waals surface area contributed by atoms with Crippen LogP contribution in [0.3, 0.4) is 0 Å². The number of aromatic nitrogens is 2. The van der Waals surface area contributed by atoms with Gasteiger partial charge in [0.25, 0.3) is 0 Å². The average Bonchev–Trinajstić information content (AvgIpc) is 3.10. The van der Waals surface area contributed by atoms with E-state index in [1.165, 1.54) is 12.1 Å². The van der Waals surface area contributed by atoms with Crippen molar-refractivity contribution in [2.24, 2.45) is 5.92 Å². The Kier molecular flexibility index (Phi) is 6.53. The lowest BCUT2D eigenvalue weighted by Crippen LogP contribution is -2.39. The zero-order valence-electron chi connectivity index (χ0n) is 17.7. The molecule has 1 aliphatic rings. The highest BCUT2D eigenvalue weighted by atomic mass is 32.2. The van der Waals surface area contributed by atoms with E-state index in [-0.39, 0.29) is 11.6 Å². The predicted molar refractivity (Wildman–Crippen MR) is 120 cm³/mol. The van der Waals surface area contributed by atoms with Crippen molar-refractivity contribution >= 4 is 10.0 Å². The lowest BCUT2D eigenvalue weighted by atomic mass is 9.94. The molecular weight excluding hydrogens is 413 g/mol. The third-order valence-electron chi connectivity index (χ3n) is 6.02. The Bertz CT molecular complexity index is 1100. The Labute approximate surface area is 183 Å². The molecule has 1 fully saturated rings. The Balaban J connectivity index is 1.36. The molecule has 3 aromatic rings. The van der Waals surface area contributed by atoms with Crippen molar-refractivity contribution in [1.82, 2.24) is 13.9 Å². The summed E-state index contributed by atoms with van der Waals surface area (Å²) < 4.78 is 42.6. The van der Waals surface area contributed by atoms with Crippen molar-refractivity contribution in [2.45, 2.75) is 38.5 Å². The van der Waals surface area contributed by atoms with E-state index in [1.54, 1.807) is 16.4 Å². The van der Waals surface area contributed by atoms with E-state index in [0.717, 1.165) is 41.9 Å². The summed E-state index contributed by atoms with van der Waals surface area (Å²) in [4.78, 5) is 4.60. The smallest absolute Gasteiger partial charge is 0.218 e. The third kappa shape index (κ3) is 5.40. The fourth-order valence-electron chi connectivity index (χ4n) is 4.19. The van der Waals surface area contributed by atoms with Gasteiger partial charge < -0.3 is 4.57 Å². The van der Waals surface area contributed by atoms with Gasteiger partial charge in [-0.1, -0.05) is 42.5 Å². The fraction of sp³-hybridized carbons (Fsp3) is 0.375. The van der Waals surface area contributed by atoms with Gasteiger partial charge >= 0.3 is 0 Å². The van der Waals surface area contributed by atoms with E-state index in [9.17, 15) is 12.8 Å². The molecule has 0 aliphatic carbocycles. The zero-order chi connectivity index (χ0) is 21.8. The number of sulfonamides is 1. The number of rotatable bonds is 7. The highest BCUT2D eigenvalue weighted by Crippen LogP contribution is 2.25. The second kappa shape index (κ2) is 9.32. The first kappa shape index (κ1) is 21.7. The minimum Gasteiger partial charge on any atom is -0.328 e. The molecule has 1 aromatic heterocycles. The van der Waals surface area contributed by atoms with Gasteiger partial charge in [-0.15, -0.1) is 0 Å². The molecule has 0 N–H and O–H groups in total. The molecule has 5 nitrogen and oxygen atoms in total. The van der Waals surface area contributed by atoms with Crippen LogP contribution in [-0.4, -0.2) is 35.4 Å². The maximum Gasteiger partial charge on any atom is 0.218 e. The van der Waals surface area contributed by atoms with Gasteiger partial charge in [-0.05, 0) is 48.9 Å². The lowest BCUT2D eigenvalue weighted by Gasteiger charge is -2.31. The molecule has 2 aromatic carbocycles. The number of hydrogen-bond acceptors (Lipinski definition) is 3. The van der Waals surface area contributed by atoms with Crippen molar-refractivity contribution in [3.05, 3.63) is 89.3 Å². The van der Waals surface area contributed by atoms with Gasteiger partial charge in [-0.25, -0.2) is 22.1 Å². The normalized spacial score (nSPS) is 15.9. The number of nitrogens with zero attached hydrogens (tertiary/aromatic N) is 3. The second-order valence-corrected chi connectivity index (χ2v) is 10.3. The molecule has 0 saturated carbocycles. The van der Waals surface area contributed by atoms with Crippen LogP contribution in [0.25, 0.3) is 0 Å². The lowest BCUT2D eigenvalue weighted by molar-refractivity contribution is 0.269. The van der Waals surface area contributed by atoms with Gasteiger partial charge in [0.05, 0.1) is 5.75 Å². The fourth-order valence-corrected chi connectivity index (χ4v) is 5.75. The minimum atomic E-state index is -3.30. The summed E-state index contributed by atoms with van der Waals surface area (Å²) in [6, 6.07) is 15.9. The van der Waals surface area contributed by atoms with E-state index < -0.39 is 10.0 Å². The summed E-state index contributed by atoms with van der Waals surface area (Å²) in [7, 11) is -3.30. The molecular formula is C24H28FN3O2S. The molecule has 0 spiro atoms. The summed E-state index contributed by atoms with van der Waals surface area (Å²) in [6.07, 6.45) is 4.35. The van der Waals surface area contributed by atoms with Gasteiger partial charge in [0.2, 0.25) is 10.0 Å². The summed E-state index contributed by atoms with van der Waals surface area (Å²) >= 11 is 0. The molecule has 164 valence electrons. The summed E-state index contributed by atoms with van der Waals surface area (Å²) in [6.45, 7) is 3.79. The van der Waals surface area contributed by atoms with E-state index in [0.29, 0.717) is 25.6 Å². The van der Waals surface area contributed by atoms with Gasteiger partial charge in [0.15, 0.2) is 0 Å². The van der Waals surface area contributed by atoms with Crippen LogP contribution < -0.4 is 0 Å². The molecule has 7 heteroatoms. The van der Waals surface area contributed by atoms with Crippen molar-refractivity contribution in [3.63, 3.8) is 0 Å². The van der Waals surface area contributed by atoms with Crippen LogP contribution in [0.2, 0.25) is 0 Å². The first-order chi connectivity index (χ1) is 14.9. The molecule has 0 radical (unpaired) electrons. The van der Waals surface area contributed by atoms with Crippen molar-refractivity contribution in [1.29, 1.82) is 0 Å². The molecule has 1 aliphatic heterocycles. The molecule has 0 bridgehead atoms. The van der Waals surface area contributed by atoms with E-state index in [2.05, 4.69) is 9.55 Å². The number of hydrogen-bond donors (Lipinski definition) is 0. The highest BCUT2D eigenvalue weighted by Gasteiger charge is 2.29. The summed E-state index contributed by atoms with van der Waals surface area (Å²) in [5.41, 5.74) is 2.93. The van der Waals surface area contributed by atoms with Crippen LogP contribution >= 0.6 is 0 Å². The molecule has 31 heavy (non-hydrogen) atoms. The van der Waals surface area contributed by atoms with Crippen LogP contribution in [-0.2, 0) is 28.7 Å². The van der Waals surface area contributed by atoms with Crippen LogP contribution in [0.4, 0.5) is 4.39 Å². The summed E-state index contributed by atoms with van der Waals surface area (Å²) in [5.74, 6) is 1.23. The van der Waals surface area contributed by atoms with Gasteiger partial charge in [-0.3, -0.25) is 0 Å². The molecule has 0 amide bonds. The van der Waals surface area contributed by atoms with Crippen LogP contribution in [0.15, 0.2) is 60.8 Å². The van der Waals surface area contributed by atoms with Crippen molar-refractivity contribution in [3.8, 4) is 0 Å². The number of aryl methyl sites for hydroxylation is 1. The Morgan fingerprint density at radius 1 is 1.00 bits per heavy atom. The SMILES string of the molecule is Cc1cnc(CC2CCN(S(=O)(=O)Cc3ccccc3)CC2)n1Cc1ccc(F)cc1. The monoisotopic (exact) mass is 441 g/mol. The van der Waals surface area contributed by atoms with Crippen molar-refractivity contribution < 1.29 is 12.8 Å². The molecule has 0 atom stereocenters. The van der Waals surface area contributed by atoms with E-state index in [4.69, 9.17) is 0 Å². The van der Waals surface area contributed by atoms with Gasteiger partial charge in [-0.2, -0.15) is 0 Å². The first-order valence-electron chi connectivity index (χ1n) is 10.7. The largest absolute Gasteiger partial charge is 0.328 e. The average molecular weight is 442 g/mol. The molecule has 4 rings (SSSR count). The maximum atomic E-state index is 13.2. The predicted octanol–water partition coefficient (Wildman–Crippen LogP) is 4.16. The Morgan fingerprint density at radius 2 is 1.68 bits per heavy atom. The number of imidazole rings is 1. The maximum absolute atomic E-state index is 13.2. The highest BCUT2D eigenvalue weighted by molar-refractivity contribution is 7.88. The number of benzene rings is 2. The Morgan fingerprint density at radius 3 is 2.35 bits per heavy atom. The van der Waals surface area contributed by atoms with Crippen LogP contribution in [0.5, 0.6) is 0 Å². The minimum absolute atomic E-state index is 0.0553. The van der Waals surface area contributed by atoms with E-state index >= 15 is 0 Å². The van der Waals surface area contributed by atoms with Gasteiger partial charge in [0, 0.05) is 37.9 Å². The molecule has 2 heterocycles. The summed E-state index contributed by atoms with van der Waals surface area (Å²) in [5, 5.41) is 0. The van der Waals surface area contributed by atoms with E-state index in [1.807, 2.05) is 43.5 Å². The standard InChI is InChI=1S/C24H28FN3O2S/c1-19-16-26-24(28(19)17-21-7-9-23(25)10-8-21)15-20-11-13-27(14-12-20)31(29,30)18-22-5-3-2-4-6-22/h2-10,16,20H,11-15,17-18H2,1H3. The first-order valence-corrected chi connectivity index (χ1v) is 12.3. The topological polar surface area (TPSA) is 55.2 Å². The quantitative estimate of drug-likeness (QED) is 0.553. The number of halogens is 1. The van der Waals surface area contributed by atoms with Crippen LogP contribution in [0, 0.1) is 18.7 Å². The second-order valence-electron chi connectivity index (χ2n) is 8.32. The molecule has 1 saturated heterocycles. The number of piperidine rings is 1. The third-order valence-corrected chi connectivity index (χ3v) is 7.87. The van der Waals surface area contributed by atoms with Crippen LogP contribution in [0.1, 0.15) is 35.5 Å². The Hall–Kier alpha value is -2.51. The zero-order valence-corrected chi connectivity index (χ0v) is 18.6. The van der Waals surface area contributed by atoms with Gasteiger partial charge in [0.1, 0.15) is 11.6 Å². The molecule has 0 unspecified atom stereocenters. The van der Waals surface area contributed by atoms with Crippen molar-refractivity contribution in [2.75, 3.05) is 13.1 Å².